The molecule has 198 valence electrons. The summed E-state index contributed by atoms with van der Waals surface area (Å²) in [4.78, 5) is 35.9. The number of carbonyl (C=O) groups is 3. The maximum Gasteiger partial charge on any atom is 0.306 e. The zero-order valence-electron chi connectivity index (χ0n) is 20.7. The van der Waals surface area contributed by atoms with E-state index in [1.807, 2.05) is 0 Å². The number of rotatable bonds is 11. The number of nitrogens with one attached hydrogen (secondary N) is 2. The molecule has 4 rings (SSSR count). The topological polar surface area (TPSA) is 114 Å². The molecule has 0 saturated heterocycles. The van der Waals surface area contributed by atoms with Gasteiger partial charge < -0.3 is 25.2 Å². The minimum atomic E-state index is -0.740. The predicted octanol–water partition coefficient (Wildman–Crippen LogP) is 4.70. The van der Waals surface area contributed by atoms with E-state index >= 15 is 0 Å². The van der Waals surface area contributed by atoms with Gasteiger partial charge in [0.2, 0.25) is 0 Å². The Morgan fingerprint density at radius 1 is 0.865 bits per heavy atom. The zero-order chi connectivity index (χ0) is 26.2. The highest BCUT2D eigenvalue weighted by molar-refractivity contribution is 6.32. The highest BCUT2D eigenvalue weighted by Crippen LogP contribution is 2.30. The third-order valence-electron chi connectivity index (χ3n) is 7.03. The molecule has 0 radical (unpaired) electrons. The molecular formula is C28H33ClN2O6. The van der Waals surface area contributed by atoms with Gasteiger partial charge in [-0.05, 0) is 86.9 Å². The minimum Gasteiger partial charge on any atom is -0.492 e. The van der Waals surface area contributed by atoms with Crippen LogP contribution in [0, 0.1) is 11.8 Å². The van der Waals surface area contributed by atoms with Gasteiger partial charge in [-0.2, -0.15) is 0 Å². The average Bonchev–Trinajstić information content (AvgIpc) is 2.87. The lowest BCUT2D eigenvalue weighted by Crippen LogP contribution is -2.34. The molecule has 0 bridgehead atoms. The van der Waals surface area contributed by atoms with Crippen LogP contribution in [0.4, 0.5) is 0 Å². The summed E-state index contributed by atoms with van der Waals surface area (Å²) in [6.07, 6.45) is 6.26. The Bertz CT molecular complexity index is 1090. The lowest BCUT2D eigenvalue weighted by atomic mass is 9.86. The maximum atomic E-state index is 12.4. The minimum absolute atomic E-state index is 0.00942. The number of amides is 2. The first-order valence-corrected chi connectivity index (χ1v) is 13.2. The van der Waals surface area contributed by atoms with E-state index in [4.69, 9.17) is 26.2 Å². The highest BCUT2D eigenvalue weighted by Gasteiger charge is 2.27. The van der Waals surface area contributed by atoms with Crippen molar-refractivity contribution in [1.29, 1.82) is 0 Å². The molecule has 2 aliphatic rings. The van der Waals surface area contributed by atoms with Gasteiger partial charge in [0.1, 0.15) is 11.5 Å². The second-order valence-corrected chi connectivity index (χ2v) is 10.1. The molecule has 0 atom stereocenters. The van der Waals surface area contributed by atoms with Crippen LogP contribution in [0.1, 0.15) is 65.7 Å². The molecule has 2 aromatic carbocycles. The van der Waals surface area contributed by atoms with Crippen LogP contribution < -0.4 is 20.1 Å². The normalized spacial score (nSPS) is 19.4. The number of carboxylic acids is 1. The van der Waals surface area contributed by atoms with Crippen molar-refractivity contribution in [2.75, 3.05) is 19.7 Å². The van der Waals surface area contributed by atoms with E-state index in [0.29, 0.717) is 65.9 Å². The molecule has 2 fully saturated rings. The number of carbonyl (C=O) groups excluding carboxylic acids is 2. The van der Waals surface area contributed by atoms with Crippen molar-refractivity contribution in [1.82, 2.24) is 10.6 Å². The average molecular weight is 529 g/mol. The molecule has 8 nitrogen and oxygen atoms in total. The molecule has 2 saturated carbocycles. The van der Waals surface area contributed by atoms with Crippen molar-refractivity contribution < 1.29 is 29.0 Å². The molecule has 0 aliphatic heterocycles. The van der Waals surface area contributed by atoms with Gasteiger partial charge in [0.05, 0.1) is 23.7 Å². The summed E-state index contributed by atoms with van der Waals surface area (Å²) >= 11 is 6.28. The first-order chi connectivity index (χ1) is 17.9. The fraction of sp³-hybridized carbons (Fsp3) is 0.464. The van der Waals surface area contributed by atoms with Gasteiger partial charge in [-0.1, -0.05) is 18.0 Å². The molecule has 2 aromatic rings. The van der Waals surface area contributed by atoms with Gasteiger partial charge in [0.15, 0.2) is 0 Å². The van der Waals surface area contributed by atoms with Crippen molar-refractivity contribution >= 4 is 29.4 Å². The van der Waals surface area contributed by atoms with E-state index in [0.717, 1.165) is 0 Å². The van der Waals surface area contributed by atoms with Crippen molar-refractivity contribution in [3.8, 4) is 11.5 Å². The maximum absolute atomic E-state index is 12.4. The molecule has 2 amide bonds. The smallest absolute Gasteiger partial charge is 0.306 e. The van der Waals surface area contributed by atoms with Crippen molar-refractivity contribution in [2.24, 2.45) is 11.8 Å². The van der Waals surface area contributed by atoms with E-state index in [-0.39, 0.29) is 36.9 Å². The Labute approximate surface area is 221 Å². The number of ether oxygens (including phenoxy) is 2. The molecule has 0 unspecified atom stereocenters. The van der Waals surface area contributed by atoms with Crippen LogP contribution in [0.5, 0.6) is 11.5 Å². The number of hydrogen-bond acceptors (Lipinski definition) is 5. The lowest BCUT2D eigenvalue weighted by molar-refractivity contribution is -0.143. The van der Waals surface area contributed by atoms with Crippen LogP contribution in [0.3, 0.4) is 0 Å². The van der Waals surface area contributed by atoms with Gasteiger partial charge in [0, 0.05) is 24.2 Å². The highest BCUT2D eigenvalue weighted by atomic mass is 35.5. The Morgan fingerprint density at radius 3 is 2.05 bits per heavy atom. The summed E-state index contributed by atoms with van der Waals surface area (Å²) in [6, 6.07) is 11.8. The monoisotopic (exact) mass is 528 g/mol. The van der Waals surface area contributed by atoms with Crippen molar-refractivity contribution in [3.63, 3.8) is 0 Å². The van der Waals surface area contributed by atoms with E-state index < -0.39 is 5.97 Å². The van der Waals surface area contributed by atoms with Crippen molar-refractivity contribution in [2.45, 2.75) is 51.0 Å². The second-order valence-electron chi connectivity index (χ2n) is 9.72. The molecule has 3 N–H and O–H groups in total. The van der Waals surface area contributed by atoms with E-state index in [9.17, 15) is 14.4 Å². The molecule has 37 heavy (non-hydrogen) atoms. The molecule has 9 heteroatoms. The third-order valence-corrected chi connectivity index (χ3v) is 7.33. The van der Waals surface area contributed by atoms with Crippen LogP contribution >= 0.6 is 11.6 Å². The number of hydrogen-bond donors (Lipinski definition) is 3. The summed E-state index contributed by atoms with van der Waals surface area (Å²) in [5.41, 5.74) is 0.914. The zero-order valence-corrected chi connectivity index (χ0v) is 21.5. The van der Waals surface area contributed by atoms with E-state index in [2.05, 4.69) is 10.6 Å². The molecule has 0 aromatic heterocycles. The summed E-state index contributed by atoms with van der Waals surface area (Å²) < 4.78 is 11.7. The summed E-state index contributed by atoms with van der Waals surface area (Å²) in [5.74, 6) is 0.281. The SMILES string of the molecule is O=C(NCCNC(=O)c1ccc(OCC2CCC2)c(Cl)c1)c1ccc(O[C@H]2CC[C@@H](C(=O)O)CC2)cc1. The van der Waals surface area contributed by atoms with Crippen LogP contribution in [0.25, 0.3) is 0 Å². The number of halogens is 1. The number of carboxylic acid groups (broad SMARTS) is 1. The Balaban J connectivity index is 1.15. The van der Waals surface area contributed by atoms with Crippen LogP contribution in [0.2, 0.25) is 5.02 Å². The fourth-order valence-corrected chi connectivity index (χ4v) is 4.72. The molecule has 0 spiro atoms. The second kappa shape index (κ2) is 12.8. The van der Waals surface area contributed by atoms with Gasteiger partial charge in [-0.15, -0.1) is 0 Å². The first kappa shape index (κ1) is 26.8. The Hall–Kier alpha value is -3.26. The molecule has 2 aliphatic carbocycles. The standard InChI is InChI=1S/C28H33ClN2O6/c29-24-16-21(8-13-25(24)36-17-18-2-1-3-18)27(33)31-15-14-30-26(32)19-4-9-22(10-5-19)37-23-11-6-20(7-12-23)28(34)35/h4-5,8-10,13,16,18,20,23H,1-3,6-7,11-12,14-15,17H2,(H,30,32)(H,31,33)(H,34,35)/t20-,23+. The lowest BCUT2D eigenvalue weighted by Gasteiger charge is -2.26. The van der Waals surface area contributed by atoms with Crippen LogP contribution in [-0.4, -0.2) is 48.7 Å². The quantitative estimate of drug-likeness (QED) is 0.364. The summed E-state index contributed by atoms with van der Waals surface area (Å²) in [5, 5.41) is 15.1. The van der Waals surface area contributed by atoms with Crippen molar-refractivity contribution in [3.05, 3.63) is 58.6 Å². The number of benzene rings is 2. The van der Waals surface area contributed by atoms with Gasteiger partial charge in [-0.25, -0.2) is 0 Å². The van der Waals surface area contributed by atoms with Gasteiger partial charge in [0.25, 0.3) is 11.8 Å². The predicted molar refractivity (Wildman–Crippen MR) is 139 cm³/mol. The van der Waals surface area contributed by atoms with Crippen LogP contribution in [0.15, 0.2) is 42.5 Å². The summed E-state index contributed by atoms with van der Waals surface area (Å²) in [7, 11) is 0. The number of aliphatic carboxylic acids is 1. The van der Waals surface area contributed by atoms with Gasteiger partial charge in [-0.3, -0.25) is 14.4 Å². The molecular weight excluding hydrogens is 496 g/mol. The third kappa shape index (κ3) is 7.61. The fourth-order valence-electron chi connectivity index (χ4n) is 4.49. The molecule has 0 heterocycles. The largest absolute Gasteiger partial charge is 0.492 e. The van der Waals surface area contributed by atoms with E-state index in [1.54, 1.807) is 42.5 Å². The van der Waals surface area contributed by atoms with Crippen LogP contribution in [-0.2, 0) is 4.79 Å². The van der Waals surface area contributed by atoms with Gasteiger partial charge >= 0.3 is 5.97 Å². The Morgan fingerprint density at radius 2 is 1.49 bits per heavy atom. The summed E-state index contributed by atoms with van der Waals surface area (Å²) in [6.45, 7) is 1.19. The first-order valence-electron chi connectivity index (χ1n) is 12.9. The Kier molecular flexibility index (Phi) is 9.28. The van der Waals surface area contributed by atoms with E-state index in [1.165, 1.54) is 19.3 Å².